The lowest BCUT2D eigenvalue weighted by Gasteiger charge is -2.34. The van der Waals surface area contributed by atoms with Crippen LogP contribution in [0.5, 0.6) is 11.5 Å². The summed E-state index contributed by atoms with van der Waals surface area (Å²) in [5.41, 5.74) is 25.4. The Morgan fingerprint density at radius 3 is 1.16 bits per heavy atom. The second kappa shape index (κ2) is 18.8. The number of benzene rings is 14. The molecule has 2 aliphatic heterocycles. The molecule has 5 aromatic heterocycles. The number of aromatic nitrogens is 5. The molecule has 0 radical (unpaired) electrons. The van der Waals surface area contributed by atoms with Gasteiger partial charge in [0.15, 0.2) is 0 Å². The summed E-state index contributed by atoms with van der Waals surface area (Å²) < 4.78 is 19.6. The molecule has 428 valence electrons. The number of nitrogens with zero attached hydrogens (tertiary/aromatic N) is 6. The van der Waals surface area contributed by atoms with E-state index in [1.165, 1.54) is 70.6 Å². The highest BCUT2D eigenvalue weighted by molar-refractivity contribution is 6.99. The van der Waals surface area contributed by atoms with E-state index in [1.807, 2.05) is 12.1 Å². The summed E-state index contributed by atoms with van der Waals surface area (Å²) >= 11 is 0. The monoisotopic (exact) mass is 1180 g/mol. The zero-order chi connectivity index (χ0) is 60.7. The summed E-state index contributed by atoms with van der Waals surface area (Å²) in [4.78, 5) is 0. The third-order valence-electron chi connectivity index (χ3n) is 20.3. The lowest BCUT2D eigenvalue weighted by molar-refractivity contribution is 0.487. The second-order valence-electron chi connectivity index (χ2n) is 25.1. The van der Waals surface area contributed by atoms with Crippen molar-refractivity contribution in [3.63, 3.8) is 0 Å². The largest absolute Gasteiger partial charge is 0.458 e. The van der Waals surface area contributed by atoms with E-state index in [0.717, 1.165) is 117 Å². The Balaban J connectivity index is 0.850. The number of hydrogen-bond acceptors (Lipinski definition) is 2. The van der Waals surface area contributed by atoms with Crippen LogP contribution in [0.1, 0.15) is 5.56 Å². The molecule has 93 heavy (non-hydrogen) atoms. The van der Waals surface area contributed by atoms with Gasteiger partial charge in [-0.1, -0.05) is 164 Å². The van der Waals surface area contributed by atoms with Crippen LogP contribution in [0.15, 0.2) is 297 Å². The van der Waals surface area contributed by atoms with Gasteiger partial charge in [0.2, 0.25) is 0 Å². The maximum atomic E-state index is 9.93. The van der Waals surface area contributed by atoms with Gasteiger partial charge in [-0.05, 0) is 172 Å². The molecule has 0 N–H and O–H groups in total. The molecule has 0 spiro atoms. The molecule has 19 aromatic rings. The highest BCUT2D eigenvalue weighted by Gasteiger charge is 2.42. The standard InChI is InChI=1S/C85H49BN6O/c87-50-51-30-32-53(33-31-51)55-43-81-84-83(44-55)93-82-41-34-54(52-16-2-1-3-17-52)42-70(82)86(84)71-49-59(91-77-29-15-9-23-65(77)67-46-57(36-39-79(67)91)89-74-26-12-6-20-62(74)63-21-7-13-27-75(63)89)48-69-68-47-58(37-40-80(68)92(81)85(69)71)90-76-28-14-8-22-64(76)66-45-56(35-38-78(66)90)88-72-24-10-4-18-60(72)61-19-5-11-25-73(61)88/h1-49H. The Labute approximate surface area is 532 Å². The lowest BCUT2D eigenvalue weighted by atomic mass is 9.34. The lowest BCUT2D eigenvalue weighted by Crippen LogP contribution is -2.58. The van der Waals surface area contributed by atoms with E-state index in [0.29, 0.717) is 5.56 Å². The molecule has 7 heterocycles. The van der Waals surface area contributed by atoms with Gasteiger partial charge in [0.05, 0.1) is 61.3 Å². The first kappa shape index (κ1) is 50.3. The van der Waals surface area contributed by atoms with Gasteiger partial charge in [-0.25, -0.2) is 0 Å². The molecule has 0 amide bonds. The molecule has 2 aliphatic rings. The van der Waals surface area contributed by atoms with Crippen LogP contribution in [0.3, 0.4) is 0 Å². The van der Waals surface area contributed by atoms with Crippen LogP contribution in [0.4, 0.5) is 0 Å². The zero-order valence-corrected chi connectivity index (χ0v) is 50.0. The van der Waals surface area contributed by atoms with Gasteiger partial charge >= 0.3 is 0 Å². The summed E-state index contributed by atoms with van der Waals surface area (Å²) in [6, 6.07) is 111. The fraction of sp³-hybridized carbons (Fsp3) is 0. The average molecular weight is 1180 g/mol. The van der Waals surface area contributed by atoms with Crippen molar-refractivity contribution in [3.05, 3.63) is 303 Å². The molecule has 8 heteroatoms. The van der Waals surface area contributed by atoms with Gasteiger partial charge in [-0.15, -0.1) is 0 Å². The number of nitriles is 1. The first-order chi connectivity index (χ1) is 46.1. The Morgan fingerprint density at radius 1 is 0.269 bits per heavy atom. The minimum Gasteiger partial charge on any atom is -0.458 e. The van der Waals surface area contributed by atoms with Crippen LogP contribution in [0.2, 0.25) is 0 Å². The molecule has 21 rings (SSSR count). The fourth-order valence-corrected chi connectivity index (χ4v) is 16.4. The molecule has 0 aliphatic carbocycles. The van der Waals surface area contributed by atoms with Crippen molar-refractivity contribution in [2.75, 3.05) is 0 Å². The Bertz CT molecular complexity index is 6440. The second-order valence-corrected chi connectivity index (χ2v) is 25.1. The van der Waals surface area contributed by atoms with Crippen molar-refractivity contribution in [2.24, 2.45) is 0 Å². The van der Waals surface area contributed by atoms with E-state index in [1.54, 1.807) is 0 Å². The third kappa shape index (κ3) is 6.97. The highest BCUT2D eigenvalue weighted by Crippen LogP contribution is 2.45. The van der Waals surface area contributed by atoms with Crippen molar-refractivity contribution >= 4 is 132 Å². The summed E-state index contributed by atoms with van der Waals surface area (Å²) in [6.07, 6.45) is 0. The molecule has 14 aromatic carbocycles. The van der Waals surface area contributed by atoms with Gasteiger partial charge in [-0.3, -0.25) is 0 Å². The van der Waals surface area contributed by atoms with Crippen LogP contribution in [-0.4, -0.2) is 29.5 Å². The van der Waals surface area contributed by atoms with Crippen molar-refractivity contribution in [3.8, 4) is 68.3 Å². The van der Waals surface area contributed by atoms with E-state index >= 15 is 0 Å². The number of rotatable bonds is 6. The Hall–Kier alpha value is -12.6. The molecule has 0 saturated heterocycles. The quantitative estimate of drug-likeness (QED) is 0.156. The predicted molar refractivity (Wildman–Crippen MR) is 385 cm³/mol. The number of hydrogen-bond donors (Lipinski definition) is 0. The van der Waals surface area contributed by atoms with Crippen LogP contribution < -0.4 is 21.1 Å². The predicted octanol–water partition coefficient (Wildman–Crippen LogP) is 19.3. The topological polar surface area (TPSA) is 57.7 Å². The van der Waals surface area contributed by atoms with Gasteiger partial charge in [-0.2, -0.15) is 5.26 Å². The normalized spacial score (nSPS) is 12.6. The van der Waals surface area contributed by atoms with E-state index in [-0.39, 0.29) is 6.71 Å². The van der Waals surface area contributed by atoms with Crippen molar-refractivity contribution in [2.45, 2.75) is 0 Å². The smallest absolute Gasteiger partial charge is 0.256 e. The molecule has 7 nitrogen and oxygen atoms in total. The number of fused-ring (bicyclic) bond motifs is 19. The maximum Gasteiger partial charge on any atom is 0.256 e. The number of ether oxygens (including phenoxy) is 1. The van der Waals surface area contributed by atoms with Crippen LogP contribution in [0.25, 0.3) is 160 Å². The molecular weight excluding hydrogens is 1130 g/mol. The minimum absolute atomic E-state index is 0.216. The fourth-order valence-electron chi connectivity index (χ4n) is 16.4. The maximum absolute atomic E-state index is 9.93. The minimum atomic E-state index is -0.216. The van der Waals surface area contributed by atoms with Gasteiger partial charge in [0.25, 0.3) is 6.71 Å². The SMILES string of the molecule is N#Cc1ccc(-c2cc3c4c(c2)-n2c5ccc(-n6c7ccccc7c7cc(-n8c9ccccc9c9ccccc98)ccc76)cc5c5cc(-n6c7ccccc7c7cc(-n8c9ccccc9c9ccccc98)ccc76)cc(c52)B4c2cc(-c4ccccc4)ccc2O3)cc1. The van der Waals surface area contributed by atoms with Gasteiger partial charge in [0, 0.05) is 87.8 Å². The first-order valence-electron chi connectivity index (χ1n) is 31.8. The van der Waals surface area contributed by atoms with E-state index < -0.39 is 0 Å². The average Bonchev–Trinajstić information content (AvgIpc) is 1.61. The van der Waals surface area contributed by atoms with Crippen molar-refractivity contribution in [1.82, 2.24) is 22.8 Å². The highest BCUT2D eigenvalue weighted by atomic mass is 16.5. The summed E-state index contributed by atoms with van der Waals surface area (Å²) in [5.74, 6) is 1.65. The van der Waals surface area contributed by atoms with Crippen LogP contribution >= 0.6 is 0 Å². The molecule has 0 saturated carbocycles. The molecule has 0 fully saturated rings. The van der Waals surface area contributed by atoms with E-state index in [2.05, 4.69) is 314 Å². The summed E-state index contributed by atoms with van der Waals surface area (Å²) in [5, 5.41) is 21.9. The van der Waals surface area contributed by atoms with Crippen molar-refractivity contribution < 1.29 is 4.74 Å². The first-order valence-corrected chi connectivity index (χ1v) is 31.8. The summed E-state index contributed by atoms with van der Waals surface area (Å²) in [7, 11) is 0. The molecule has 0 unspecified atom stereocenters. The molecule has 0 bridgehead atoms. The third-order valence-corrected chi connectivity index (χ3v) is 20.3. The van der Waals surface area contributed by atoms with Gasteiger partial charge < -0.3 is 27.6 Å². The van der Waals surface area contributed by atoms with Gasteiger partial charge in [0.1, 0.15) is 11.5 Å². The van der Waals surface area contributed by atoms with E-state index in [4.69, 9.17) is 4.74 Å². The molecule has 0 atom stereocenters. The van der Waals surface area contributed by atoms with Crippen LogP contribution in [-0.2, 0) is 0 Å². The number of para-hydroxylation sites is 6. The molecular formula is C85H49BN6O. The Morgan fingerprint density at radius 2 is 0.667 bits per heavy atom. The van der Waals surface area contributed by atoms with E-state index in [9.17, 15) is 5.26 Å². The summed E-state index contributed by atoms with van der Waals surface area (Å²) in [6.45, 7) is -0.216. The zero-order valence-electron chi connectivity index (χ0n) is 50.0. The van der Waals surface area contributed by atoms with Crippen LogP contribution in [0, 0.1) is 11.3 Å². The Kier molecular flexibility index (Phi) is 10.1. The van der Waals surface area contributed by atoms with Crippen molar-refractivity contribution in [1.29, 1.82) is 5.26 Å².